The normalized spacial score (nSPS) is 14.0. The maximum atomic E-state index is 11.1. The summed E-state index contributed by atoms with van der Waals surface area (Å²) in [5.41, 5.74) is 3.49. The lowest BCUT2D eigenvalue weighted by molar-refractivity contribution is -0.142. The molecule has 0 N–H and O–H groups in total. The minimum Gasteiger partial charge on any atom is -0.465 e. The predicted molar refractivity (Wildman–Crippen MR) is 95.2 cm³/mol. The van der Waals surface area contributed by atoms with Crippen molar-refractivity contribution in [2.45, 2.75) is 65.7 Å². The van der Waals surface area contributed by atoms with Crippen molar-refractivity contribution in [2.24, 2.45) is 0 Å². The standard InChI is InChI=1S/C20H30O4/c1-13(11-23-15(3)21)17-8-18(14(2)12-24-16(4)22)10-19(9-17)20(5,6)7/h8-10,13-14H,11-12H2,1-7H3. The lowest BCUT2D eigenvalue weighted by atomic mass is 9.82. The summed E-state index contributed by atoms with van der Waals surface area (Å²) in [6, 6.07) is 6.48. The van der Waals surface area contributed by atoms with Gasteiger partial charge in [-0.1, -0.05) is 52.8 Å². The molecule has 24 heavy (non-hydrogen) atoms. The van der Waals surface area contributed by atoms with Gasteiger partial charge in [-0.2, -0.15) is 0 Å². The minimum absolute atomic E-state index is 0.00701. The van der Waals surface area contributed by atoms with Crippen molar-refractivity contribution in [1.29, 1.82) is 0 Å². The third-order valence-electron chi connectivity index (χ3n) is 4.05. The molecule has 0 heterocycles. The van der Waals surface area contributed by atoms with Crippen molar-refractivity contribution >= 4 is 11.9 Å². The van der Waals surface area contributed by atoms with Crippen LogP contribution >= 0.6 is 0 Å². The summed E-state index contributed by atoms with van der Waals surface area (Å²) in [6.07, 6.45) is 0. The van der Waals surface area contributed by atoms with Crippen molar-refractivity contribution in [2.75, 3.05) is 13.2 Å². The third kappa shape index (κ3) is 6.34. The van der Waals surface area contributed by atoms with E-state index in [1.54, 1.807) is 0 Å². The quantitative estimate of drug-likeness (QED) is 0.727. The first kappa shape index (κ1) is 20.2. The van der Waals surface area contributed by atoms with Crippen LogP contribution in [-0.4, -0.2) is 25.2 Å². The summed E-state index contributed by atoms with van der Waals surface area (Å²) < 4.78 is 10.3. The van der Waals surface area contributed by atoms with Crippen LogP contribution in [0, 0.1) is 0 Å². The maximum absolute atomic E-state index is 11.1. The van der Waals surface area contributed by atoms with Crippen molar-refractivity contribution < 1.29 is 19.1 Å². The van der Waals surface area contributed by atoms with Gasteiger partial charge in [0.2, 0.25) is 0 Å². The molecule has 0 fully saturated rings. The molecule has 0 amide bonds. The number of carbonyl (C=O) groups excluding carboxylic acids is 2. The van der Waals surface area contributed by atoms with E-state index in [4.69, 9.17) is 9.47 Å². The molecule has 0 aliphatic rings. The minimum atomic E-state index is -0.266. The van der Waals surface area contributed by atoms with Crippen LogP contribution in [0.4, 0.5) is 0 Å². The van der Waals surface area contributed by atoms with Crippen LogP contribution in [0.3, 0.4) is 0 Å². The highest BCUT2D eigenvalue weighted by Crippen LogP contribution is 2.30. The van der Waals surface area contributed by atoms with Gasteiger partial charge in [-0.05, 0) is 22.1 Å². The van der Waals surface area contributed by atoms with Crippen LogP contribution in [0.1, 0.15) is 77.0 Å². The molecule has 1 aromatic carbocycles. The van der Waals surface area contributed by atoms with E-state index in [0.717, 1.165) is 11.1 Å². The molecule has 0 spiro atoms. The maximum Gasteiger partial charge on any atom is 0.302 e. The molecule has 0 aliphatic heterocycles. The summed E-state index contributed by atoms with van der Waals surface area (Å²) in [7, 11) is 0. The molecule has 0 bridgehead atoms. The molecule has 0 saturated carbocycles. The summed E-state index contributed by atoms with van der Waals surface area (Å²) in [4.78, 5) is 22.1. The molecular weight excluding hydrogens is 304 g/mol. The van der Waals surface area contributed by atoms with Gasteiger partial charge < -0.3 is 9.47 Å². The highest BCUT2D eigenvalue weighted by Gasteiger charge is 2.20. The fourth-order valence-corrected chi connectivity index (χ4v) is 2.36. The Kier molecular flexibility index (Phi) is 7.00. The van der Waals surface area contributed by atoms with Gasteiger partial charge in [0.15, 0.2) is 0 Å². The van der Waals surface area contributed by atoms with Crippen molar-refractivity contribution in [3.05, 3.63) is 34.9 Å². The summed E-state index contributed by atoms with van der Waals surface area (Å²) in [6.45, 7) is 14.2. The Hall–Kier alpha value is -1.84. The van der Waals surface area contributed by atoms with Gasteiger partial charge in [-0.3, -0.25) is 9.59 Å². The van der Waals surface area contributed by atoms with Crippen molar-refractivity contribution in [1.82, 2.24) is 0 Å². The Morgan fingerprint density at radius 2 is 1.25 bits per heavy atom. The molecule has 4 heteroatoms. The number of hydrogen-bond donors (Lipinski definition) is 0. The van der Waals surface area contributed by atoms with Crippen LogP contribution < -0.4 is 0 Å². The lowest BCUT2D eigenvalue weighted by Gasteiger charge is -2.24. The van der Waals surface area contributed by atoms with E-state index in [1.807, 2.05) is 13.8 Å². The zero-order chi connectivity index (χ0) is 18.5. The fourth-order valence-electron chi connectivity index (χ4n) is 2.36. The first-order valence-corrected chi connectivity index (χ1v) is 8.42. The summed E-state index contributed by atoms with van der Waals surface area (Å²) in [5, 5.41) is 0. The number of rotatable bonds is 6. The lowest BCUT2D eigenvalue weighted by Crippen LogP contribution is -2.16. The van der Waals surface area contributed by atoms with E-state index in [-0.39, 0.29) is 29.2 Å². The molecule has 0 aromatic heterocycles. The molecule has 0 aliphatic carbocycles. The van der Waals surface area contributed by atoms with Gasteiger partial charge in [-0.15, -0.1) is 0 Å². The van der Waals surface area contributed by atoms with E-state index in [2.05, 4.69) is 39.0 Å². The molecule has 0 radical (unpaired) electrons. The second kappa shape index (κ2) is 8.32. The van der Waals surface area contributed by atoms with Crippen LogP contribution in [0.2, 0.25) is 0 Å². The molecule has 1 aromatic rings. The van der Waals surface area contributed by atoms with Crippen molar-refractivity contribution in [3.63, 3.8) is 0 Å². The highest BCUT2D eigenvalue weighted by atomic mass is 16.5. The number of benzene rings is 1. The Balaban J connectivity index is 3.12. The van der Waals surface area contributed by atoms with Crippen LogP contribution in [0.25, 0.3) is 0 Å². The SMILES string of the molecule is CC(=O)OCC(C)c1cc(C(C)COC(C)=O)cc(C(C)(C)C)c1. The second-order valence-corrected chi connectivity index (χ2v) is 7.55. The number of carbonyl (C=O) groups is 2. The molecule has 2 atom stereocenters. The molecule has 4 nitrogen and oxygen atoms in total. The smallest absolute Gasteiger partial charge is 0.302 e. The summed E-state index contributed by atoms with van der Waals surface area (Å²) in [5.74, 6) is -0.318. The largest absolute Gasteiger partial charge is 0.465 e. The van der Waals surface area contributed by atoms with Gasteiger partial charge in [-0.25, -0.2) is 0 Å². The first-order chi connectivity index (χ1) is 11.0. The second-order valence-electron chi connectivity index (χ2n) is 7.55. The van der Waals surface area contributed by atoms with E-state index in [0.29, 0.717) is 13.2 Å². The van der Waals surface area contributed by atoms with Gasteiger partial charge in [0.05, 0.1) is 13.2 Å². The van der Waals surface area contributed by atoms with Gasteiger partial charge in [0.1, 0.15) is 0 Å². The topological polar surface area (TPSA) is 52.6 Å². The van der Waals surface area contributed by atoms with E-state index in [1.165, 1.54) is 19.4 Å². The number of hydrogen-bond acceptors (Lipinski definition) is 4. The number of esters is 2. The van der Waals surface area contributed by atoms with Crippen molar-refractivity contribution in [3.8, 4) is 0 Å². The Bertz CT molecular complexity index is 542. The van der Waals surface area contributed by atoms with Gasteiger partial charge in [0, 0.05) is 25.7 Å². The molecular formula is C20H30O4. The summed E-state index contributed by atoms with van der Waals surface area (Å²) >= 11 is 0. The van der Waals surface area contributed by atoms with Gasteiger partial charge in [0.25, 0.3) is 0 Å². The average molecular weight is 334 g/mol. The Morgan fingerprint density at radius 1 is 0.875 bits per heavy atom. The van der Waals surface area contributed by atoms with E-state index in [9.17, 15) is 9.59 Å². The zero-order valence-corrected chi connectivity index (χ0v) is 15.9. The Labute approximate surface area is 145 Å². The van der Waals surface area contributed by atoms with Gasteiger partial charge >= 0.3 is 11.9 Å². The number of ether oxygens (including phenoxy) is 2. The van der Waals surface area contributed by atoms with Crippen LogP contribution in [0.15, 0.2) is 18.2 Å². The third-order valence-corrected chi connectivity index (χ3v) is 4.05. The predicted octanol–water partition coefficient (Wildman–Crippen LogP) is 4.32. The molecule has 0 saturated heterocycles. The highest BCUT2D eigenvalue weighted by molar-refractivity contribution is 5.66. The Morgan fingerprint density at radius 3 is 1.54 bits per heavy atom. The fraction of sp³-hybridized carbons (Fsp3) is 0.600. The van der Waals surface area contributed by atoms with E-state index >= 15 is 0 Å². The first-order valence-electron chi connectivity index (χ1n) is 8.42. The molecule has 1 rings (SSSR count). The molecule has 2 unspecified atom stereocenters. The average Bonchev–Trinajstić information content (AvgIpc) is 2.48. The van der Waals surface area contributed by atoms with Crippen LogP contribution in [-0.2, 0) is 24.5 Å². The van der Waals surface area contributed by atoms with Crippen LogP contribution in [0.5, 0.6) is 0 Å². The zero-order valence-electron chi connectivity index (χ0n) is 15.9. The van der Waals surface area contributed by atoms with E-state index < -0.39 is 0 Å². The molecule has 134 valence electrons. The monoisotopic (exact) mass is 334 g/mol.